The first kappa shape index (κ1) is 26.3. The number of anilines is 2. The van der Waals surface area contributed by atoms with E-state index in [9.17, 15) is 4.79 Å². The quantitative estimate of drug-likeness (QED) is 0.246. The molecule has 1 aromatic carbocycles. The summed E-state index contributed by atoms with van der Waals surface area (Å²) in [4.78, 5) is 31.3. The molecule has 0 bridgehead atoms. The Labute approximate surface area is 221 Å². The van der Waals surface area contributed by atoms with Crippen LogP contribution >= 0.6 is 11.6 Å². The van der Waals surface area contributed by atoms with E-state index in [4.69, 9.17) is 23.1 Å². The fourth-order valence-electron chi connectivity index (χ4n) is 4.18. The van der Waals surface area contributed by atoms with Crippen LogP contribution in [-0.4, -0.2) is 57.9 Å². The zero-order valence-corrected chi connectivity index (χ0v) is 21.4. The Morgan fingerprint density at radius 1 is 1.11 bits per heavy atom. The van der Waals surface area contributed by atoms with Gasteiger partial charge in [-0.05, 0) is 55.5 Å². The highest BCUT2D eigenvalue weighted by Gasteiger charge is 2.20. The molecule has 11 heteroatoms. The first-order chi connectivity index (χ1) is 18.0. The van der Waals surface area contributed by atoms with E-state index in [1.165, 1.54) is 5.56 Å². The van der Waals surface area contributed by atoms with E-state index >= 15 is 0 Å². The van der Waals surface area contributed by atoms with Crippen molar-refractivity contribution in [3.05, 3.63) is 76.8 Å². The molecule has 0 unspecified atom stereocenters. The molecule has 0 radical (unpaired) electrons. The van der Waals surface area contributed by atoms with E-state index < -0.39 is 5.91 Å². The van der Waals surface area contributed by atoms with E-state index in [1.807, 2.05) is 18.2 Å². The van der Waals surface area contributed by atoms with E-state index in [0.29, 0.717) is 19.0 Å². The highest BCUT2D eigenvalue weighted by atomic mass is 35.5. The summed E-state index contributed by atoms with van der Waals surface area (Å²) in [7, 11) is 0. The minimum atomic E-state index is -0.702. The van der Waals surface area contributed by atoms with Crippen molar-refractivity contribution in [1.82, 2.24) is 25.2 Å². The van der Waals surface area contributed by atoms with Crippen molar-refractivity contribution in [3.8, 4) is 0 Å². The minimum absolute atomic E-state index is 0.0159. The van der Waals surface area contributed by atoms with Gasteiger partial charge in [0.15, 0.2) is 28.4 Å². The largest absolute Gasteiger partial charge is 0.382 e. The number of nitrogen functional groups attached to an aromatic ring is 1. The number of piperidine rings is 1. The second kappa shape index (κ2) is 13.0. The molecule has 0 saturated carbocycles. The van der Waals surface area contributed by atoms with Crippen molar-refractivity contribution in [2.75, 3.05) is 37.2 Å². The van der Waals surface area contributed by atoms with Crippen molar-refractivity contribution in [2.45, 2.75) is 25.8 Å². The van der Waals surface area contributed by atoms with E-state index in [-0.39, 0.29) is 28.4 Å². The predicted octanol–water partition coefficient (Wildman–Crippen LogP) is 2.72. The van der Waals surface area contributed by atoms with Crippen LogP contribution in [0.15, 0.2) is 59.9 Å². The van der Waals surface area contributed by atoms with Gasteiger partial charge in [0.2, 0.25) is 0 Å². The lowest BCUT2D eigenvalue weighted by atomic mass is 9.96. The number of rotatable bonds is 9. The summed E-state index contributed by atoms with van der Waals surface area (Å²) in [6.45, 7) is 4.22. The molecular formula is C26H32ClN9O. The lowest BCUT2D eigenvalue weighted by Gasteiger charge is -2.32. The molecule has 3 heterocycles. The topological polar surface area (TPSA) is 147 Å². The number of hydrogen-bond donors (Lipinski definition) is 4. The van der Waals surface area contributed by atoms with E-state index in [0.717, 1.165) is 44.5 Å². The van der Waals surface area contributed by atoms with Crippen LogP contribution in [0.3, 0.4) is 0 Å². The number of nitrogens with one attached hydrogen (secondary N) is 2. The average Bonchev–Trinajstić information content (AvgIpc) is 2.92. The number of benzene rings is 1. The molecule has 2 aromatic heterocycles. The van der Waals surface area contributed by atoms with Gasteiger partial charge in [0.05, 0.1) is 0 Å². The van der Waals surface area contributed by atoms with Crippen LogP contribution in [0.5, 0.6) is 0 Å². The molecule has 1 saturated heterocycles. The molecule has 0 spiro atoms. The molecule has 1 fully saturated rings. The maximum atomic E-state index is 12.6. The Hall–Kier alpha value is -3.76. The lowest BCUT2D eigenvalue weighted by molar-refractivity contribution is 0.0998. The van der Waals surface area contributed by atoms with Crippen LogP contribution in [-0.2, 0) is 13.0 Å². The van der Waals surface area contributed by atoms with Crippen LogP contribution in [0.2, 0.25) is 5.15 Å². The predicted molar refractivity (Wildman–Crippen MR) is 146 cm³/mol. The summed E-state index contributed by atoms with van der Waals surface area (Å²) < 4.78 is 0. The summed E-state index contributed by atoms with van der Waals surface area (Å²) in [5.41, 5.74) is 14.1. The number of amides is 1. The highest BCUT2D eigenvalue weighted by Crippen LogP contribution is 2.22. The number of aromatic nitrogens is 3. The van der Waals surface area contributed by atoms with Crippen molar-refractivity contribution in [2.24, 2.45) is 16.6 Å². The number of aliphatic imine (C=N–C) groups is 1. The fraction of sp³-hybridized carbons (Fsp3) is 0.346. The first-order valence-electron chi connectivity index (χ1n) is 12.3. The van der Waals surface area contributed by atoms with E-state index in [2.05, 4.69) is 59.7 Å². The third-order valence-corrected chi connectivity index (χ3v) is 6.59. The molecule has 1 aliphatic rings. The Morgan fingerprint density at radius 3 is 2.59 bits per heavy atom. The van der Waals surface area contributed by atoms with Crippen molar-refractivity contribution in [3.63, 3.8) is 0 Å². The number of guanidine groups is 1. The highest BCUT2D eigenvalue weighted by molar-refractivity contribution is 6.32. The number of nitrogens with zero attached hydrogens (tertiary/aromatic N) is 5. The van der Waals surface area contributed by atoms with Crippen molar-refractivity contribution in [1.29, 1.82) is 0 Å². The zero-order valence-electron chi connectivity index (χ0n) is 20.6. The summed E-state index contributed by atoms with van der Waals surface area (Å²) in [6, 6.07) is 14.3. The van der Waals surface area contributed by atoms with Crippen LogP contribution in [0.4, 0.5) is 11.6 Å². The third kappa shape index (κ3) is 7.86. The molecule has 10 nitrogen and oxygen atoms in total. The molecule has 0 atom stereocenters. The number of likely N-dealkylation sites (tertiary alicyclic amines) is 1. The normalized spacial score (nSPS) is 14.9. The van der Waals surface area contributed by atoms with Gasteiger partial charge in [-0.2, -0.15) is 4.99 Å². The lowest BCUT2D eigenvalue weighted by Crippen LogP contribution is -2.41. The van der Waals surface area contributed by atoms with Gasteiger partial charge in [-0.3, -0.25) is 9.78 Å². The Kier molecular flexibility index (Phi) is 9.23. The number of carbonyl (C=O) groups excluding carboxylic acids is 1. The van der Waals surface area contributed by atoms with Gasteiger partial charge in [-0.1, -0.05) is 48.0 Å². The van der Waals surface area contributed by atoms with Gasteiger partial charge in [-0.15, -0.1) is 0 Å². The zero-order chi connectivity index (χ0) is 26.0. The van der Waals surface area contributed by atoms with E-state index in [1.54, 1.807) is 12.4 Å². The monoisotopic (exact) mass is 521 g/mol. The van der Waals surface area contributed by atoms with Crippen LogP contribution in [0, 0.1) is 5.92 Å². The molecule has 4 rings (SSSR count). The Morgan fingerprint density at radius 2 is 1.86 bits per heavy atom. The molecule has 1 aliphatic heterocycles. The Balaban J connectivity index is 1.23. The van der Waals surface area contributed by atoms with Gasteiger partial charge in [0.1, 0.15) is 0 Å². The standard InChI is InChI=1S/C26H32ClN9O/c27-22-24(31-17-20-7-4-11-30-15-20)34-23(28)21(33-22)25(37)35-26(29)32-16-19-9-13-36(14-10-19)12-8-18-5-2-1-3-6-18/h1-7,11,15,19H,8-10,12-14,16-17H2,(H3,28,31,34)(H3,29,32,35,37). The number of hydrogen-bond acceptors (Lipinski definition) is 7. The molecule has 194 valence electrons. The second-order valence-electron chi connectivity index (χ2n) is 9.02. The fourth-order valence-corrected chi connectivity index (χ4v) is 4.38. The van der Waals surface area contributed by atoms with Crippen LogP contribution in [0.1, 0.15) is 34.5 Å². The molecule has 3 aromatic rings. The first-order valence-corrected chi connectivity index (χ1v) is 12.7. The molecule has 1 amide bonds. The molecule has 6 N–H and O–H groups in total. The third-order valence-electron chi connectivity index (χ3n) is 6.33. The maximum absolute atomic E-state index is 12.6. The van der Waals surface area contributed by atoms with Gasteiger partial charge in [0.25, 0.3) is 0 Å². The second-order valence-corrected chi connectivity index (χ2v) is 9.37. The Bertz CT molecular complexity index is 1200. The van der Waals surface area contributed by atoms with Gasteiger partial charge in [-0.25, -0.2) is 9.97 Å². The molecule has 0 aliphatic carbocycles. The van der Waals surface area contributed by atoms with Gasteiger partial charge >= 0.3 is 5.91 Å². The van der Waals surface area contributed by atoms with Crippen LogP contribution < -0.4 is 22.1 Å². The van der Waals surface area contributed by atoms with Crippen molar-refractivity contribution < 1.29 is 4.79 Å². The number of pyridine rings is 1. The summed E-state index contributed by atoms with van der Waals surface area (Å²) in [5.74, 6) is -0.0346. The molecule has 37 heavy (non-hydrogen) atoms. The number of halogens is 1. The number of carbonyl (C=O) groups is 1. The molecular weight excluding hydrogens is 490 g/mol. The van der Waals surface area contributed by atoms with Crippen molar-refractivity contribution >= 4 is 35.1 Å². The van der Waals surface area contributed by atoms with Crippen LogP contribution in [0.25, 0.3) is 0 Å². The number of nitrogens with two attached hydrogens (primary N) is 2. The minimum Gasteiger partial charge on any atom is -0.382 e. The van der Waals surface area contributed by atoms with Gasteiger partial charge in [0, 0.05) is 32.0 Å². The average molecular weight is 522 g/mol. The summed E-state index contributed by atoms with van der Waals surface area (Å²) in [5, 5.41) is 6.11. The maximum Gasteiger partial charge on any atom is 0.302 e. The summed E-state index contributed by atoms with van der Waals surface area (Å²) >= 11 is 6.22. The summed E-state index contributed by atoms with van der Waals surface area (Å²) in [6.07, 6.45) is 6.58. The SMILES string of the molecule is N/C(=N\C(=O)c1nc(Cl)c(NCc2cccnc2)nc1N)NCC1CCN(CCc2ccccc2)CC1. The van der Waals surface area contributed by atoms with Gasteiger partial charge < -0.3 is 27.0 Å². The smallest absolute Gasteiger partial charge is 0.302 e.